The number of hydrogen-bond donors (Lipinski definition) is 1. The Morgan fingerprint density at radius 2 is 2.14 bits per heavy atom. The van der Waals surface area contributed by atoms with Crippen molar-refractivity contribution in [1.29, 1.82) is 0 Å². The van der Waals surface area contributed by atoms with Crippen molar-refractivity contribution in [2.75, 3.05) is 19.7 Å². The van der Waals surface area contributed by atoms with E-state index < -0.39 is 12.1 Å². The van der Waals surface area contributed by atoms with Gasteiger partial charge in [-0.1, -0.05) is 23.8 Å². The first-order valence-corrected chi connectivity index (χ1v) is 7.15. The van der Waals surface area contributed by atoms with Crippen LogP contribution < -0.4 is 0 Å². The van der Waals surface area contributed by atoms with E-state index in [1.165, 1.54) is 11.1 Å². The molecule has 1 amide bonds. The van der Waals surface area contributed by atoms with Crippen LogP contribution in [0.4, 0.5) is 0 Å². The van der Waals surface area contributed by atoms with Crippen molar-refractivity contribution in [2.24, 2.45) is 0 Å². The SMILES string of the molecule is Cc1ccc(CCC(=O)N2CCO[C@H](C(=O)O)C2)c(C)c1. The van der Waals surface area contributed by atoms with Crippen LogP contribution >= 0.6 is 0 Å². The summed E-state index contributed by atoms with van der Waals surface area (Å²) < 4.78 is 5.12. The van der Waals surface area contributed by atoms with Crippen LogP contribution in [0.2, 0.25) is 0 Å². The number of ether oxygens (including phenoxy) is 1. The van der Waals surface area contributed by atoms with Crippen molar-refractivity contribution in [3.05, 3.63) is 34.9 Å². The Kier molecular flexibility index (Phi) is 4.96. The molecule has 1 N–H and O–H groups in total. The fourth-order valence-corrected chi connectivity index (χ4v) is 2.55. The first-order chi connectivity index (χ1) is 9.97. The molecule has 114 valence electrons. The smallest absolute Gasteiger partial charge is 0.334 e. The Balaban J connectivity index is 1.90. The van der Waals surface area contributed by atoms with Crippen molar-refractivity contribution in [3.63, 3.8) is 0 Å². The van der Waals surface area contributed by atoms with Crippen molar-refractivity contribution in [3.8, 4) is 0 Å². The number of morpholine rings is 1. The molecule has 1 fully saturated rings. The van der Waals surface area contributed by atoms with E-state index in [0.717, 1.165) is 5.56 Å². The van der Waals surface area contributed by atoms with Gasteiger partial charge in [0.05, 0.1) is 13.2 Å². The number of rotatable bonds is 4. The zero-order valence-electron chi connectivity index (χ0n) is 12.5. The minimum Gasteiger partial charge on any atom is -0.479 e. The van der Waals surface area contributed by atoms with E-state index >= 15 is 0 Å². The quantitative estimate of drug-likeness (QED) is 0.914. The molecule has 0 spiro atoms. The summed E-state index contributed by atoms with van der Waals surface area (Å²) in [7, 11) is 0. The van der Waals surface area contributed by atoms with E-state index in [-0.39, 0.29) is 19.1 Å². The van der Waals surface area contributed by atoms with Gasteiger partial charge in [-0.3, -0.25) is 4.79 Å². The summed E-state index contributed by atoms with van der Waals surface area (Å²) in [6, 6.07) is 6.20. The van der Waals surface area contributed by atoms with E-state index in [1.807, 2.05) is 19.9 Å². The first-order valence-electron chi connectivity index (χ1n) is 7.15. The number of carboxylic acids is 1. The van der Waals surface area contributed by atoms with Crippen LogP contribution in [0.25, 0.3) is 0 Å². The van der Waals surface area contributed by atoms with Gasteiger partial charge in [0.25, 0.3) is 0 Å². The third-order valence-corrected chi connectivity index (χ3v) is 3.80. The highest BCUT2D eigenvalue weighted by molar-refractivity contribution is 5.79. The van der Waals surface area contributed by atoms with Crippen molar-refractivity contribution < 1.29 is 19.4 Å². The second-order valence-corrected chi connectivity index (χ2v) is 5.47. The summed E-state index contributed by atoms with van der Waals surface area (Å²) in [5.41, 5.74) is 3.56. The van der Waals surface area contributed by atoms with Gasteiger partial charge in [0.15, 0.2) is 6.10 Å². The summed E-state index contributed by atoms with van der Waals surface area (Å²) in [5.74, 6) is -1.02. The van der Waals surface area contributed by atoms with Crippen LogP contribution in [0.1, 0.15) is 23.1 Å². The molecule has 0 radical (unpaired) electrons. The molecule has 1 aliphatic heterocycles. The van der Waals surface area contributed by atoms with E-state index in [9.17, 15) is 9.59 Å². The molecule has 1 heterocycles. The standard InChI is InChI=1S/C16H21NO4/c1-11-3-4-13(12(2)9-11)5-6-15(18)17-7-8-21-14(10-17)16(19)20/h3-4,9,14H,5-8,10H2,1-2H3,(H,19,20)/t14-/m0/s1. The summed E-state index contributed by atoms with van der Waals surface area (Å²) in [4.78, 5) is 24.7. The van der Waals surface area contributed by atoms with Crippen molar-refractivity contribution in [2.45, 2.75) is 32.8 Å². The predicted molar refractivity (Wildman–Crippen MR) is 78.2 cm³/mol. The van der Waals surface area contributed by atoms with Crippen LogP contribution in [0.3, 0.4) is 0 Å². The molecule has 21 heavy (non-hydrogen) atoms. The number of aliphatic carboxylic acids is 1. The Morgan fingerprint density at radius 1 is 1.38 bits per heavy atom. The van der Waals surface area contributed by atoms with E-state index in [2.05, 4.69) is 12.1 Å². The highest BCUT2D eigenvalue weighted by Gasteiger charge is 2.28. The molecular formula is C16H21NO4. The maximum atomic E-state index is 12.2. The number of hydrogen-bond acceptors (Lipinski definition) is 3. The van der Waals surface area contributed by atoms with Crippen LogP contribution in [-0.4, -0.2) is 47.7 Å². The maximum absolute atomic E-state index is 12.2. The van der Waals surface area contributed by atoms with Gasteiger partial charge in [-0.05, 0) is 31.4 Å². The molecule has 0 bridgehead atoms. The molecule has 1 saturated heterocycles. The molecular weight excluding hydrogens is 270 g/mol. The topological polar surface area (TPSA) is 66.8 Å². The molecule has 1 aliphatic rings. The fraction of sp³-hybridized carbons (Fsp3) is 0.500. The van der Waals surface area contributed by atoms with Crippen LogP contribution in [0.15, 0.2) is 18.2 Å². The second kappa shape index (κ2) is 6.72. The lowest BCUT2D eigenvalue weighted by molar-refractivity contribution is -0.159. The van der Waals surface area contributed by atoms with Gasteiger partial charge in [0.2, 0.25) is 5.91 Å². The van der Waals surface area contributed by atoms with Crippen LogP contribution in [-0.2, 0) is 20.7 Å². The number of carbonyl (C=O) groups excluding carboxylic acids is 1. The number of aryl methyl sites for hydroxylation is 3. The zero-order chi connectivity index (χ0) is 15.4. The number of benzene rings is 1. The fourth-order valence-electron chi connectivity index (χ4n) is 2.55. The summed E-state index contributed by atoms with van der Waals surface area (Å²) in [6.07, 6.45) is 0.180. The van der Waals surface area contributed by atoms with Gasteiger partial charge in [-0.2, -0.15) is 0 Å². The monoisotopic (exact) mass is 291 g/mol. The molecule has 5 nitrogen and oxygen atoms in total. The Hall–Kier alpha value is -1.88. The summed E-state index contributed by atoms with van der Waals surface area (Å²) in [5, 5.41) is 8.95. The van der Waals surface area contributed by atoms with Gasteiger partial charge >= 0.3 is 5.97 Å². The van der Waals surface area contributed by atoms with Gasteiger partial charge < -0.3 is 14.7 Å². The highest BCUT2D eigenvalue weighted by Crippen LogP contribution is 2.14. The van der Waals surface area contributed by atoms with Gasteiger partial charge in [0.1, 0.15) is 0 Å². The minimum atomic E-state index is -1.01. The minimum absolute atomic E-state index is 0.00970. The zero-order valence-corrected chi connectivity index (χ0v) is 12.5. The lowest BCUT2D eigenvalue weighted by atomic mass is 10.0. The highest BCUT2D eigenvalue weighted by atomic mass is 16.5. The normalized spacial score (nSPS) is 18.6. The van der Waals surface area contributed by atoms with Gasteiger partial charge in [0, 0.05) is 13.0 Å². The molecule has 1 aromatic carbocycles. The average molecular weight is 291 g/mol. The van der Waals surface area contributed by atoms with Crippen LogP contribution in [0, 0.1) is 13.8 Å². The third kappa shape index (κ3) is 4.04. The second-order valence-electron chi connectivity index (χ2n) is 5.47. The lowest BCUT2D eigenvalue weighted by Crippen LogP contribution is -2.48. The number of amides is 1. The Morgan fingerprint density at radius 3 is 2.81 bits per heavy atom. The van der Waals surface area contributed by atoms with E-state index in [1.54, 1.807) is 4.90 Å². The van der Waals surface area contributed by atoms with Crippen LogP contribution in [0.5, 0.6) is 0 Å². The molecule has 0 unspecified atom stereocenters. The number of carbonyl (C=O) groups is 2. The van der Waals surface area contributed by atoms with Gasteiger partial charge in [-0.15, -0.1) is 0 Å². The molecule has 1 aromatic rings. The largest absolute Gasteiger partial charge is 0.479 e. The first kappa shape index (κ1) is 15.5. The molecule has 1 atom stereocenters. The van der Waals surface area contributed by atoms with Gasteiger partial charge in [-0.25, -0.2) is 4.79 Å². The molecule has 0 aromatic heterocycles. The number of carboxylic acid groups (broad SMARTS) is 1. The Bertz CT molecular complexity index is 541. The summed E-state index contributed by atoms with van der Waals surface area (Å²) >= 11 is 0. The lowest BCUT2D eigenvalue weighted by Gasteiger charge is -2.31. The van der Waals surface area contributed by atoms with Crippen molar-refractivity contribution in [1.82, 2.24) is 4.90 Å². The average Bonchev–Trinajstić information content (AvgIpc) is 2.46. The predicted octanol–water partition coefficient (Wildman–Crippen LogP) is 1.55. The maximum Gasteiger partial charge on any atom is 0.334 e. The molecule has 5 heteroatoms. The molecule has 0 aliphatic carbocycles. The van der Waals surface area contributed by atoms with E-state index in [0.29, 0.717) is 19.4 Å². The summed E-state index contributed by atoms with van der Waals surface area (Å²) in [6.45, 7) is 4.98. The Labute approximate surface area is 124 Å². The molecule has 0 saturated carbocycles. The van der Waals surface area contributed by atoms with Crippen molar-refractivity contribution >= 4 is 11.9 Å². The molecule has 2 rings (SSSR count). The third-order valence-electron chi connectivity index (χ3n) is 3.80. The van der Waals surface area contributed by atoms with E-state index in [4.69, 9.17) is 9.84 Å². The number of nitrogens with zero attached hydrogens (tertiary/aromatic N) is 1.